The summed E-state index contributed by atoms with van der Waals surface area (Å²) < 4.78 is 0. The Hall–Kier alpha value is -1.04. The number of hydrazine groups is 1. The van der Waals surface area contributed by atoms with Crippen LogP contribution in [0, 0.1) is 0 Å². The van der Waals surface area contributed by atoms with Gasteiger partial charge in [0.2, 0.25) is 5.91 Å². The molecule has 1 unspecified atom stereocenters. The van der Waals surface area contributed by atoms with Crippen LogP contribution in [-0.2, 0) is 10.5 Å². The van der Waals surface area contributed by atoms with Crippen molar-refractivity contribution in [3.63, 3.8) is 0 Å². The summed E-state index contributed by atoms with van der Waals surface area (Å²) in [5.41, 5.74) is 10.2. The van der Waals surface area contributed by atoms with E-state index in [0.717, 1.165) is 17.1 Å². The molecule has 1 atom stereocenters. The molecule has 0 aliphatic carbocycles. The lowest BCUT2D eigenvalue weighted by Crippen LogP contribution is -2.34. The minimum Gasteiger partial charge on any atom is -0.325 e. The highest BCUT2D eigenvalue weighted by molar-refractivity contribution is 7.98. The zero-order chi connectivity index (χ0) is 14.5. The molecule has 0 aliphatic rings. The van der Waals surface area contributed by atoms with Crippen LogP contribution >= 0.6 is 11.8 Å². The molecule has 0 aliphatic heterocycles. The summed E-state index contributed by atoms with van der Waals surface area (Å²) in [7, 11) is 0. The third-order valence-electron chi connectivity index (χ3n) is 2.76. The van der Waals surface area contributed by atoms with Crippen LogP contribution < -0.4 is 17.0 Å². The second-order valence-corrected chi connectivity index (χ2v) is 6.44. The second-order valence-electron chi connectivity index (χ2n) is 5.45. The van der Waals surface area contributed by atoms with Crippen molar-refractivity contribution in [1.82, 2.24) is 5.43 Å². The molecular weight excluding hydrogens is 258 g/mol. The quantitative estimate of drug-likeness (QED) is 0.421. The number of hydrogen-bond donors (Lipinski definition) is 3. The maximum Gasteiger partial charge on any atom is 0.241 e. The predicted molar refractivity (Wildman–Crippen MR) is 81.6 cm³/mol. The Kier molecular flexibility index (Phi) is 5.85. The van der Waals surface area contributed by atoms with Gasteiger partial charge in [0.25, 0.3) is 0 Å². The maximum absolute atomic E-state index is 11.4. The van der Waals surface area contributed by atoms with E-state index in [1.54, 1.807) is 0 Å². The van der Waals surface area contributed by atoms with Gasteiger partial charge in [0.1, 0.15) is 0 Å². The van der Waals surface area contributed by atoms with E-state index >= 15 is 0 Å². The molecule has 0 fully saturated rings. The van der Waals surface area contributed by atoms with Gasteiger partial charge < -0.3 is 5.73 Å². The van der Waals surface area contributed by atoms with E-state index in [0.29, 0.717) is 0 Å². The van der Waals surface area contributed by atoms with Gasteiger partial charge in [0.15, 0.2) is 0 Å². The highest BCUT2D eigenvalue weighted by Crippen LogP contribution is 2.20. The molecule has 0 saturated carbocycles. The zero-order valence-electron chi connectivity index (χ0n) is 11.8. The largest absolute Gasteiger partial charge is 0.325 e. The Balaban J connectivity index is 2.54. The SMILES string of the molecule is CC(C(=O)NN)c1ccc(CSCC(C)(C)N)cc1. The van der Waals surface area contributed by atoms with Crippen LogP contribution in [0.1, 0.15) is 37.8 Å². The number of rotatable bonds is 6. The van der Waals surface area contributed by atoms with Gasteiger partial charge in [0.05, 0.1) is 5.92 Å². The van der Waals surface area contributed by atoms with Crippen LogP contribution in [-0.4, -0.2) is 17.2 Å². The molecule has 1 aromatic carbocycles. The smallest absolute Gasteiger partial charge is 0.241 e. The average molecular weight is 281 g/mol. The summed E-state index contributed by atoms with van der Waals surface area (Å²) in [5, 5.41) is 0. The van der Waals surface area contributed by atoms with E-state index in [-0.39, 0.29) is 17.4 Å². The van der Waals surface area contributed by atoms with Gasteiger partial charge >= 0.3 is 0 Å². The van der Waals surface area contributed by atoms with Crippen molar-refractivity contribution in [2.75, 3.05) is 5.75 Å². The fourth-order valence-corrected chi connectivity index (χ4v) is 2.67. The molecule has 0 bridgehead atoms. The van der Waals surface area contributed by atoms with Gasteiger partial charge in [-0.05, 0) is 31.9 Å². The number of hydrogen-bond acceptors (Lipinski definition) is 4. The Labute approximate surface area is 119 Å². The molecule has 0 spiro atoms. The van der Waals surface area contributed by atoms with Crippen LogP contribution in [0.5, 0.6) is 0 Å². The number of thioether (sulfide) groups is 1. The summed E-state index contributed by atoms with van der Waals surface area (Å²) in [6.07, 6.45) is 0. The highest BCUT2D eigenvalue weighted by atomic mass is 32.2. The molecular formula is C14H23N3OS. The van der Waals surface area contributed by atoms with Gasteiger partial charge in [-0.2, -0.15) is 11.8 Å². The Morgan fingerprint density at radius 3 is 2.42 bits per heavy atom. The van der Waals surface area contributed by atoms with Crippen molar-refractivity contribution in [2.45, 2.75) is 38.0 Å². The summed E-state index contributed by atoms with van der Waals surface area (Å²) in [5.74, 6) is 6.58. The van der Waals surface area contributed by atoms with Crippen molar-refractivity contribution in [2.24, 2.45) is 11.6 Å². The molecule has 5 N–H and O–H groups in total. The number of carbonyl (C=O) groups is 1. The van der Waals surface area contributed by atoms with Gasteiger partial charge in [-0.15, -0.1) is 0 Å². The van der Waals surface area contributed by atoms with Gasteiger partial charge in [-0.1, -0.05) is 24.3 Å². The summed E-state index contributed by atoms with van der Waals surface area (Å²) >= 11 is 1.81. The van der Waals surface area contributed by atoms with Gasteiger partial charge in [-0.3, -0.25) is 10.2 Å². The lowest BCUT2D eigenvalue weighted by Gasteiger charge is -2.17. The Morgan fingerprint density at radius 1 is 1.37 bits per heavy atom. The fourth-order valence-electron chi connectivity index (χ4n) is 1.61. The third kappa shape index (κ3) is 5.63. The van der Waals surface area contributed by atoms with E-state index in [1.165, 1.54) is 5.56 Å². The van der Waals surface area contributed by atoms with Crippen LogP contribution in [0.4, 0.5) is 0 Å². The van der Waals surface area contributed by atoms with Gasteiger partial charge in [-0.25, -0.2) is 5.84 Å². The van der Waals surface area contributed by atoms with Crippen molar-refractivity contribution in [3.8, 4) is 0 Å². The standard InChI is InChI=1S/C14H23N3OS/c1-10(13(18)17-16)12-6-4-11(5-7-12)8-19-9-14(2,3)15/h4-7,10H,8-9,15-16H2,1-3H3,(H,17,18). The Bertz CT molecular complexity index is 412. The fraction of sp³-hybridized carbons (Fsp3) is 0.500. The molecule has 106 valence electrons. The summed E-state index contributed by atoms with van der Waals surface area (Å²) in [4.78, 5) is 11.4. The van der Waals surface area contributed by atoms with E-state index in [9.17, 15) is 4.79 Å². The summed E-state index contributed by atoms with van der Waals surface area (Å²) in [6.45, 7) is 5.88. The minimum absolute atomic E-state index is 0.141. The molecule has 4 nitrogen and oxygen atoms in total. The van der Waals surface area contributed by atoms with Crippen LogP contribution in [0.15, 0.2) is 24.3 Å². The molecule has 1 rings (SSSR count). The molecule has 5 heteroatoms. The molecule has 1 amide bonds. The van der Waals surface area contributed by atoms with Crippen molar-refractivity contribution >= 4 is 17.7 Å². The minimum atomic E-state index is -0.227. The maximum atomic E-state index is 11.4. The number of amides is 1. The first kappa shape index (κ1) is 16.0. The number of nitrogens with one attached hydrogen (secondary N) is 1. The van der Waals surface area contributed by atoms with Crippen molar-refractivity contribution in [1.29, 1.82) is 0 Å². The average Bonchev–Trinajstić information content (AvgIpc) is 2.36. The van der Waals surface area contributed by atoms with E-state index in [1.807, 2.05) is 56.8 Å². The first-order valence-corrected chi connectivity index (χ1v) is 7.45. The highest BCUT2D eigenvalue weighted by Gasteiger charge is 2.14. The van der Waals surface area contributed by atoms with Crippen molar-refractivity contribution in [3.05, 3.63) is 35.4 Å². The van der Waals surface area contributed by atoms with Crippen LogP contribution in [0.2, 0.25) is 0 Å². The molecule has 19 heavy (non-hydrogen) atoms. The third-order valence-corrected chi connectivity index (χ3v) is 4.24. The molecule has 0 aromatic heterocycles. The van der Waals surface area contributed by atoms with E-state index in [2.05, 4.69) is 5.43 Å². The first-order chi connectivity index (χ1) is 8.83. The van der Waals surface area contributed by atoms with Crippen LogP contribution in [0.25, 0.3) is 0 Å². The topological polar surface area (TPSA) is 81.1 Å². The van der Waals surface area contributed by atoms with E-state index < -0.39 is 0 Å². The number of benzene rings is 1. The number of carbonyl (C=O) groups excluding carboxylic acids is 1. The molecule has 0 heterocycles. The van der Waals surface area contributed by atoms with E-state index in [4.69, 9.17) is 11.6 Å². The lowest BCUT2D eigenvalue weighted by molar-refractivity contribution is -0.122. The Morgan fingerprint density at radius 2 is 1.95 bits per heavy atom. The number of nitrogens with two attached hydrogens (primary N) is 2. The van der Waals surface area contributed by atoms with Gasteiger partial charge in [0, 0.05) is 17.0 Å². The van der Waals surface area contributed by atoms with Crippen molar-refractivity contribution < 1.29 is 4.79 Å². The molecule has 1 aromatic rings. The van der Waals surface area contributed by atoms with Crippen LogP contribution in [0.3, 0.4) is 0 Å². The molecule has 0 saturated heterocycles. The second kappa shape index (κ2) is 6.93. The summed E-state index contributed by atoms with van der Waals surface area (Å²) in [6, 6.07) is 8.05. The lowest BCUT2D eigenvalue weighted by atomic mass is 9.99. The monoisotopic (exact) mass is 281 g/mol. The zero-order valence-corrected chi connectivity index (χ0v) is 12.6. The normalized spacial score (nSPS) is 13.1. The molecule has 0 radical (unpaired) electrons. The first-order valence-electron chi connectivity index (χ1n) is 6.29. The predicted octanol–water partition coefficient (Wildman–Crippen LogP) is 1.75.